The van der Waals surface area contributed by atoms with Crippen molar-refractivity contribution in [2.24, 2.45) is 0 Å². The van der Waals surface area contributed by atoms with Crippen LogP contribution < -0.4 is 5.32 Å². The highest BCUT2D eigenvalue weighted by Crippen LogP contribution is 2.28. The molecule has 4 nitrogen and oxygen atoms in total. The van der Waals surface area contributed by atoms with Gasteiger partial charge in [-0.15, -0.1) is 0 Å². The average Bonchev–Trinajstić information content (AvgIpc) is 3.26. The van der Waals surface area contributed by atoms with Crippen LogP contribution >= 0.6 is 0 Å². The predicted molar refractivity (Wildman–Crippen MR) is 93.6 cm³/mol. The van der Waals surface area contributed by atoms with Crippen molar-refractivity contribution < 1.29 is 9.53 Å². The molecule has 0 aromatic heterocycles. The average molecular weight is 318 g/mol. The normalized spacial score (nSPS) is 16.0. The lowest BCUT2D eigenvalue weighted by molar-refractivity contribution is 0.0235. The molecule has 1 aliphatic rings. The van der Waals surface area contributed by atoms with E-state index >= 15 is 0 Å². The number of ether oxygens (including phenoxy) is 1. The number of benzene rings is 1. The fraction of sp³-hybridized carbons (Fsp3) is 0.632. The van der Waals surface area contributed by atoms with Crippen LogP contribution in [0.3, 0.4) is 0 Å². The molecule has 0 saturated heterocycles. The number of amides is 1. The Labute approximate surface area is 140 Å². The minimum absolute atomic E-state index is 0.190. The van der Waals surface area contributed by atoms with Crippen LogP contribution in [0.25, 0.3) is 0 Å². The molecule has 0 radical (unpaired) electrons. The highest BCUT2D eigenvalue weighted by Gasteiger charge is 2.34. The Bertz CT molecular complexity index is 515. The zero-order chi connectivity index (χ0) is 17.0. The molecule has 1 atom stereocenters. The molecule has 0 heterocycles. The third kappa shape index (κ3) is 5.87. The third-order valence-electron chi connectivity index (χ3n) is 4.00. The summed E-state index contributed by atoms with van der Waals surface area (Å²) in [6, 6.07) is 9.20. The van der Waals surface area contributed by atoms with Gasteiger partial charge in [-0.2, -0.15) is 0 Å². The van der Waals surface area contributed by atoms with E-state index < -0.39 is 5.60 Å². The van der Waals surface area contributed by atoms with Crippen LogP contribution in [0.5, 0.6) is 0 Å². The van der Waals surface area contributed by atoms with Gasteiger partial charge in [0, 0.05) is 25.2 Å². The molecule has 1 aromatic carbocycles. The van der Waals surface area contributed by atoms with E-state index in [1.165, 1.54) is 11.1 Å². The van der Waals surface area contributed by atoms with Gasteiger partial charge >= 0.3 is 6.09 Å². The van der Waals surface area contributed by atoms with E-state index in [1.54, 1.807) is 0 Å². The van der Waals surface area contributed by atoms with Crippen LogP contribution in [0, 0.1) is 6.92 Å². The van der Waals surface area contributed by atoms with Crippen LogP contribution in [0.1, 0.15) is 57.7 Å². The molecule has 0 spiro atoms. The molecule has 1 saturated carbocycles. The van der Waals surface area contributed by atoms with Gasteiger partial charge in [-0.1, -0.05) is 29.8 Å². The van der Waals surface area contributed by atoms with Crippen LogP contribution in [0.2, 0.25) is 0 Å². The quantitative estimate of drug-likeness (QED) is 0.860. The van der Waals surface area contributed by atoms with Crippen molar-refractivity contribution in [3.63, 3.8) is 0 Å². The van der Waals surface area contributed by atoms with Crippen molar-refractivity contribution in [3.8, 4) is 0 Å². The number of hydrogen-bond donors (Lipinski definition) is 1. The molecule has 0 aliphatic heterocycles. The molecular formula is C19H30N2O2. The first-order chi connectivity index (χ1) is 10.8. The summed E-state index contributed by atoms with van der Waals surface area (Å²) in [6.07, 6.45) is 1.99. The molecule has 4 heteroatoms. The number of nitrogens with zero attached hydrogens (tertiary/aromatic N) is 1. The number of nitrogens with one attached hydrogen (secondary N) is 1. The minimum Gasteiger partial charge on any atom is -0.444 e. The van der Waals surface area contributed by atoms with Crippen molar-refractivity contribution >= 4 is 6.09 Å². The Morgan fingerprint density at radius 3 is 2.43 bits per heavy atom. The number of hydrogen-bond acceptors (Lipinski definition) is 3. The maximum absolute atomic E-state index is 12.3. The standard InChI is InChI=1S/C19H30N2O2/c1-14-6-8-16(9-7-14)15(2)20-12-13-21(17-10-11-17)18(22)23-19(3,4)5/h6-9,15,17,20H,10-13H2,1-5H3. The lowest BCUT2D eigenvalue weighted by Crippen LogP contribution is -2.42. The van der Waals surface area contributed by atoms with Gasteiger partial charge in [0.1, 0.15) is 5.60 Å². The van der Waals surface area contributed by atoms with Crippen LogP contribution in [0.15, 0.2) is 24.3 Å². The van der Waals surface area contributed by atoms with E-state index in [0.717, 1.165) is 19.4 Å². The Balaban J connectivity index is 1.82. The van der Waals surface area contributed by atoms with E-state index in [1.807, 2.05) is 25.7 Å². The molecule has 1 unspecified atom stereocenters. The van der Waals surface area contributed by atoms with Gasteiger partial charge in [0.05, 0.1) is 0 Å². The Morgan fingerprint density at radius 1 is 1.30 bits per heavy atom. The summed E-state index contributed by atoms with van der Waals surface area (Å²) >= 11 is 0. The van der Waals surface area contributed by atoms with Crippen LogP contribution in [-0.2, 0) is 4.74 Å². The van der Waals surface area contributed by atoms with Crippen molar-refractivity contribution in [2.45, 2.75) is 65.1 Å². The van der Waals surface area contributed by atoms with Gasteiger partial charge < -0.3 is 15.0 Å². The summed E-state index contributed by atoms with van der Waals surface area (Å²) in [5.41, 5.74) is 2.10. The SMILES string of the molecule is Cc1ccc(C(C)NCCN(C(=O)OC(C)(C)C)C2CC2)cc1. The smallest absolute Gasteiger partial charge is 0.410 e. The molecule has 2 rings (SSSR count). The second-order valence-corrected chi connectivity index (χ2v) is 7.49. The second-order valence-electron chi connectivity index (χ2n) is 7.49. The highest BCUT2D eigenvalue weighted by atomic mass is 16.6. The molecule has 23 heavy (non-hydrogen) atoms. The minimum atomic E-state index is -0.438. The first-order valence-corrected chi connectivity index (χ1v) is 8.56. The predicted octanol–water partition coefficient (Wildman–Crippen LogP) is 4.05. The Hall–Kier alpha value is -1.55. The maximum atomic E-state index is 12.3. The molecule has 1 N–H and O–H groups in total. The van der Waals surface area contributed by atoms with Gasteiger partial charge in [-0.05, 0) is 53.0 Å². The first-order valence-electron chi connectivity index (χ1n) is 8.56. The van der Waals surface area contributed by atoms with Crippen molar-refractivity contribution in [1.82, 2.24) is 10.2 Å². The zero-order valence-electron chi connectivity index (χ0n) is 15.1. The zero-order valence-corrected chi connectivity index (χ0v) is 15.1. The van der Waals surface area contributed by atoms with Gasteiger partial charge in [0.25, 0.3) is 0 Å². The van der Waals surface area contributed by atoms with Gasteiger partial charge in [0.2, 0.25) is 0 Å². The van der Waals surface area contributed by atoms with Crippen LogP contribution in [0.4, 0.5) is 4.79 Å². The summed E-state index contributed by atoms with van der Waals surface area (Å²) in [5.74, 6) is 0. The first kappa shape index (κ1) is 17.8. The molecule has 0 bridgehead atoms. The fourth-order valence-corrected chi connectivity index (χ4v) is 2.50. The molecule has 128 valence electrons. The summed E-state index contributed by atoms with van der Waals surface area (Å²) in [5, 5.41) is 3.50. The summed E-state index contributed by atoms with van der Waals surface area (Å²) in [4.78, 5) is 14.2. The lowest BCUT2D eigenvalue weighted by atomic mass is 10.1. The summed E-state index contributed by atoms with van der Waals surface area (Å²) < 4.78 is 5.52. The maximum Gasteiger partial charge on any atom is 0.410 e. The van der Waals surface area contributed by atoms with E-state index in [-0.39, 0.29) is 12.1 Å². The van der Waals surface area contributed by atoms with Crippen molar-refractivity contribution in [1.29, 1.82) is 0 Å². The van der Waals surface area contributed by atoms with Gasteiger partial charge in [0.15, 0.2) is 0 Å². The molecule has 1 fully saturated rings. The largest absolute Gasteiger partial charge is 0.444 e. The van der Waals surface area contributed by atoms with Crippen molar-refractivity contribution in [3.05, 3.63) is 35.4 Å². The summed E-state index contributed by atoms with van der Waals surface area (Å²) in [6.45, 7) is 11.4. The lowest BCUT2D eigenvalue weighted by Gasteiger charge is -2.28. The molecule has 1 aliphatic carbocycles. The van der Waals surface area contributed by atoms with Gasteiger partial charge in [-0.3, -0.25) is 0 Å². The molecular weight excluding hydrogens is 288 g/mol. The van der Waals surface area contributed by atoms with Crippen molar-refractivity contribution in [2.75, 3.05) is 13.1 Å². The van der Waals surface area contributed by atoms with Crippen LogP contribution in [-0.4, -0.2) is 35.7 Å². The van der Waals surface area contributed by atoms with Gasteiger partial charge in [-0.25, -0.2) is 4.79 Å². The fourth-order valence-electron chi connectivity index (χ4n) is 2.50. The highest BCUT2D eigenvalue weighted by molar-refractivity contribution is 5.69. The van der Waals surface area contributed by atoms with E-state index in [9.17, 15) is 4.79 Å². The van der Waals surface area contributed by atoms with E-state index in [0.29, 0.717) is 12.6 Å². The summed E-state index contributed by atoms with van der Waals surface area (Å²) in [7, 11) is 0. The number of carbonyl (C=O) groups excluding carboxylic acids is 1. The number of rotatable bonds is 6. The Kier molecular flexibility index (Phi) is 5.69. The topological polar surface area (TPSA) is 41.6 Å². The molecule has 1 amide bonds. The number of carbonyl (C=O) groups is 1. The second kappa shape index (κ2) is 7.35. The van der Waals surface area contributed by atoms with E-state index in [2.05, 4.69) is 43.4 Å². The number of aryl methyl sites for hydroxylation is 1. The molecule has 1 aromatic rings. The monoisotopic (exact) mass is 318 g/mol. The Morgan fingerprint density at radius 2 is 1.91 bits per heavy atom. The van der Waals surface area contributed by atoms with E-state index in [4.69, 9.17) is 4.74 Å². The third-order valence-corrected chi connectivity index (χ3v) is 4.00.